The molecule has 1 aromatic heterocycles. The average Bonchev–Trinajstić information content (AvgIpc) is 2.69. The average molecular weight is 367 g/mol. The van der Waals surface area contributed by atoms with E-state index in [1.54, 1.807) is 6.20 Å². The van der Waals surface area contributed by atoms with Gasteiger partial charge in [-0.25, -0.2) is 4.98 Å². The lowest BCUT2D eigenvalue weighted by molar-refractivity contribution is -0.116. The molecule has 0 saturated carbocycles. The van der Waals surface area contributed by atoms with Crippen LogP contribution >= 0.6 is 0 Å². The molecule has 27 heavy (non-hydrogen) atoms. The Kier molecular flexibility index (Phi) is 6.69. The maximum atomic E-state index is 11.8. The number of piperidine rings is 1. The van der Waals surface area contributed by atoms with Crippen molar-refractivity contribution >= 4 is 28.8 Å². The number of hydrogen-bond acceptors (Lipinski definition) is 4. The number of nitrogens with zero attached hydrogens (tertiary/aromatic N) is 2. The highest BCUT2D eigenvalue weighted by atomic mass is 16.1. The van der Waals surface area contributed by atoms with Crippen LogP contribution in [0.5, 0.6) is 0 Å². The van der Waals surface area contributed by atoms with E-state index in [1.807, 2.05) is 12.1 Å². The summed E-state index contributed by atoms with van der Waals surface area (Å²) < 4.78 is 0. The number of carbonyl (C=O) groups is 1. The number of unbranched alkanes of at least 4 members (excludes halogenated alkanes) is 1. The van der Waals surface area contributed by atoms with Gasteiger partial charge in [0.15, 0.2) is 0 Å². The van der Waals surface area contributed by atoms with Gasteiger partial charge in [0, 0.05) is 30.9 Å². The summed E-state index contributed by atoms with van der Waals surface area (Å²) in [5.74, 6) is 1.46. The minimum atomic E-state index is 0.0211. The molecule has 1 saturated heterocycles. The van der Waals surface area contributed by atoms with Crippen LogP contribution in [0.4, 0.5) is 22.9 Å². The predicted octanol–water partition coefficient (Wildman–Crippen LogP) is 5.19. The van der Waals surface area contributed by atoms with Gasteiger partial charge < -0.3 is 15.5 Å². The minimum absolute atomic E-state index is 0.0211. The van der Waals surface area contributed by atoms with Crippen LogP contribution in [0.1, 0.15) is 46.0 Å². The maximum absolute atomic E-state index is 11.8. The Hall–Kier alpha value is -2.56. The largest absolute Gasteiger partial charge is 0.372 e. The molecule has 0 atom stereocenters. The summed E-state index contributed by atoms with van der Waals surface area (Å²) in [4.78, 5) is 18.5. The van der Waals surface area contributed by atoms with Crippen molar-refractivity contribution in [2.24, 2.45) is 5.92 Å². The number of amides is 1. The predicted molar refractivity (Wildman–Crippen MR) is 113 cm³/mol. The highest BCUT2D eigenvalue weighted by molar-refractivity contribution is 5.89. The van der Waals surface area contributed by atoms with Gasteiger partial charge in [-0.2, -0.15) is 0 Å². The third-order valence-electron chi connectivity index (χ3n) is 5.09. The number of hydrogen-bond donors (Lipinski definition) is 2. The van der Waals surface area contributed by atoms with Gasteiger partial charge in [-0.3, -0.25) is 4.79 Å². The first-order valence-electron chi connectivity index (χ1n) is 10.0. The van der Waals surface area contributed by atoms with Gasteiger partial charge in [-0.15, -0.1) is 0 Å². The first kappa shape index (κ1) is 19.2. The molecule has 5 nitrogen and oxygen atoms in total. The van der Waals surface area contributed by atoms with E-state index in [4.69, 9.17) is 0 Å². The van der Waals surface area contributed by atoms with Gasteiger partial charge in [0.05, 0.1) is 11.9 Å². The molecular weight excluding hydrogens is 336 g/mol. The summed E-state index contributed by atoms with van der Waals surface area (Å²) in [5.41, 5.74) is 3.22. The molecule has 1 aliphatic rings. The van der Waals surface area contributed by atoms with E-state index in [9.17, 15) is 4.79 Å². The van der Waals surface area contributed by atoms with Crippen molar-refractivity contribution in [3.05, 3.63) is 42.6 Å². The van der Waals surface area contributed by atoms with Crippen LogP contribution in [-0.4, -0.2) is 24.0 Å². The van der Waals surface area contributed by atoms with E-state index < -0.39 is 0 Å². The van der Waals surface area contributed by atoms with Gasteiger partial charge in [-0.1, -0.05) is 20.3 Å². The van der Waals surface area contributed by atoms with Crippen LogP contribution in [0.2, 0.25) is 0 Å². The van der Waals surface area contributed by atoms with Crippen LogP contribution in [0, 0.1) is 5.92 Å². The monoisotopic (exact) mass is 366 g/mol. The summed E-state index contributed by atoms with van der Waals surface area (Å²) in [7, 11) is 0. The smallest absolute Gasteiger partial charge is 0.225 e. The number of carbonyl (C=O) groups excluding carboxylic acids is 1. The van der Waals surface area contributed by atoms with E-state index in [2.05, 4.69) is 58.6 Å². The second-order valence-corrected chi connectivity index (χ2v) is 7.43. The Morgan fingerprint density at radius 3 is 2.44 bits per heavy atom. The Morgan fingerprint density at radius 1 is 1.11 bits per heavy atom. The molecule has 0 aliphatic carbocycles. The third kappa shape index (κ3) is 5.71. The molecule has 1 aliphatic heterocycles. The molecule has 1 aromatic carbocycles. The van der Waals surface area contributed by atoms with Crippen molar-refractivity contribution in [1.29, 1.82) is 0 Å². The van der Waals surface area contributed by atoms with Gasteiger partial charge in [-0.05, 0) is 61.6 Å². The summed E-state index contributed by atoms with van der Waals surface area (Å²) in [6.45, 7) is 6.69. The molecule has 0 radical (unpaired) electrons. The maximum Gasteiger partial charge on any atom is 0.225 e. The zero-order valence-electron chi connectivity index (χ0n) is 16.4. The number of anilines is 4. The topological polar surface area (TPSA) is 57.3 Å². The van der Waals surface area contributed by atoms with E-state index in [0.717, 1.165) is 43.2 Å². The molecule has 0 spiro atoms. The lowest BCUT2D eigenvalue weighted by atomic mass is 9.99. The first-order chi connectivity index (χ1) is 13.1. The molecule has 2 N–H and O–H groups in total. The van der Waals surface area contributed by atoms with Crippen molar-refractivity contribution < 1.29 is 4.79 Å². The zero-order valence-corrected chi connectivity index (χ0v) is 16.4. The van der Waals surface area contributed by atoms with Gasteiger partial charge in [0.2, 0.25) is 5.91 Å². The Labute approximate surface area is 162 Å². The summed E-state index contributed by atoms with van der Waals surface area (Å²) in [6.07, 6.45) is 6.74. The van der Waals surface area contributed by atoms with Crippen LogP contribution in [0.25, 0.3) is 0 Å². The van der Waals surface area contributed by atoms with Crippen molar-refractivity contribution in [3.63, 3.8) is 0 Å². The highest BCUT2D eigenvalue weighted by Crippen LogP contribution is 2.25. The Balaban J connectivity index is 1.53. The number of nitrogens with one attached hydrogen (secondary N) is 2. The quantitative estimate of drug-likeness (QED) is 0.708. The second-order valence-electron chi connectivity index (χ2n) is 7.43. The SMILES string of the molecule is CCCCC(=O)Nc1ccc(Nc2ccc(N3CCC(C)CC3)cc2)cn1. The normalized spacial score (nSPS) is 14.8. The summed E-state index contributed by atoms with van der Waals surface area (Å²) in [6, 6.07) is 12.3. The fraction of sp³-hybridized carbons (Fsp3) is 0.455. The second kappa shape index (κ2) is 9.40. The van der Waals surface area contributed by atoms with E-state index in [1.165, 1.54) is 18.5 Å². The molecule has 2 aromatic rings. The Bertz CT molecular complexity index is 719. The van der Waals surface area contributed by atoms with E-state index >= 15 is 0 Å². The Morgan fingerprint density at radius 2 is 1.81 bits per heavy atom. The molecule has 0 bridgehead atoms. The first-order valence-corrected chi connectivity index (χ1v) is 10.0. The third-order valence-corrected chi connectivity index (χ3v) is 5.09. The lowest BCUT2D eigenvalue weighted by Crippen LogP contribution is -2.32. The van der Waals surface area contributed by atoms with Crippen LogP contribution < -0.4 is 15.5 Å². The molecule has 5 heteroatoms. The zero-order chi connectivity index (χ0) is 19.1. The van der Waals surface area contributed by atoms with Crippen LogP contribution in [0.15, 0.2) is 42.6 Å². The van der Waals surface area contributed by atoms with Gasteiger partial charge in [0.1, 0.15) is 5.82 Å². The van der Waals surface area contributed by atoms with Crippen molar-refractivity contribution in [3.8, 4) is 0 Å². The fourth-order valence-corrected chi connectivity index (χ4v) is 3.27. The summed E-state index contributed by atoms with van der Waals surface area (Å²) >= 11 is 0. The highest BCUT2D eigenvalue weighted by Gasteiger charge is 2.15. The van der Waals surface area contributed by atoms with E-state index in [0.29, 0.717) is 12.2 Å². The number of pyridine rings is 1. The molecule has 1 amide bonds. The summed E-state index contributed by atoms with van der Waals surface area (Å²) in [5, 5.41) is 6.19. The number of aromatic nitrogens is 1. The van der Waals surface area contributed by atoms with Crippen molar-refractivity contribution in [2.75, 3.05) is 28.6 Å². The van der Waals surface area contributed by atoms with Crippen LogP contribution in [0.3, 0.4) is 0 Å². The standard InChI is InChI=1S/C22H30N4O/c1-3-4-5-22(27)25-21-11-8-19(16-23-21)24-18-6-9-20(10-7-18)26-14-12-17(2)13-15-26/h6-11,16-17,24H,3-5,12-15H2,1-2H3,(H,23,25,27). The molecular formula is C22H30N4O. The fourth-order valence-electron chi connectivity index (χ4n) is 3.27. The molecule has 144 valence electrons. The van der Waals surface area contributed by atoms with Crippen molar-refractivity contribution in [2.45, 2.75) is 46.0 Å². The molecule has 0 unspecified atom stereocenters. The van der Waals surface area contributed by atoms with E-state index in [-0.39, 0.29) is 5.91 Å². The minimum Gasteiger partial charge on any atom is -0.372 e. The molecule has 3 rings (SSSR count). The number of benzene rings is 1. The van der Waals surface area contributed by atoms with Gasteiger partial charge >= 0.3 is 0 Å². The number of rotatable bonds is 7. The van der Waals surface area contributed by atoms with Gasteiger partial charge in [0.25, 0.3) is 0 Å². The van der Waals surface area contributed by atoms with Crippen LogP contribution in [-0.2, 0) is 4.79 Å². The molecule has 1 fully saturated rings. The van der Waals surface area contributed by atoms with Crippen molar-refractivity contribution in [1.82, 2.24) is 4.98 Å². The lowest BCUT2D eigenvalue weighted by Gasteiger charge is -2.32. The molecule has 2 heterocycles.